The number of carbonyl (C=O) groups is 2. The Labute approximate surface area is 113 Å². The summed E-state index contributed by atoms with van der Waals surface area (Å²) in [6.45, 7) is 7.42. The first-order valence-electron chi connectivity index (χ1n) is 5.96. The molecule has 0 unspecified atom stereocenters. The van der Waals surface area contributed by atoms with E-state index in [9.17, 15) is 14.0 Å². The zero-order valence-electron chi connectivity index (χ0n) is 12.0. The minimum Gasteiger partial charge on any atom is -0.368 e. The molecule has 0 bridgehead atoms. The molecule has 0 fully saturated rings. The van der Waals surface area contributed by atoms with Crippen molar-refractivity contribution in [1.29, 1.82) is 0 Å². The molecule has 1 aromatic rings. The van der Waals surface area contributed by atoms with Crippen molar-refractivity contribution < 1.29 is 14.0 Å². The molecule has 0 aromatic carbocycles. The lowest BCUT2D eigenvalue weighted by atomic mass is 10.3. The van der Waals surface area contributed by atoms with Crippen LogP contribution in [0.3, 0.4) is 0 Å². The fourth-order valence-electron chi connectivity index (χ4n) is 0.773. The standard InChI is InChI=1S/C7H6FNO.C4H10N2O.C2H6/c1-5-2-6(8)7(4-10)9-3-5;1-3(6-2)4(5)7;1-2/h2-4H,1H3;3,6H,1-2H3,(H2,5,7);1-2H3/t;3-;/m.0./s1. The molecule has 1 amide bonds. The molecular weight excluding hydrogens is 249 g/mol. The van der Waals surface area contributed by atoms with Crippen molar-refractivity contribution in [3.05, 3.63) is 29.3 Å². The van der Waals surface area contributed by atoms with Gasteiger partial charge in [-0.3, -0.25) is 14.6 Å². The van der Waals surface area contributed by atoms with Crippen LogP contribution in [-0.4, -0.2) is 30.3 Å². The third kappa shape index (κ3) is 8.84. The minimum atomic E-state index is -0.560. The van der Waals surface area contributed by atoms with E-state index in [0.717, 1.165) is 0 Å². The van der Waals surface area contributed by atoms with Gasteiger partial charge in [-0.05, 0) is 32.5 Å². The number of nitrogens with two attached hydrogens (primary N) is 1. The summed E-state index contributed by atoms with van der Waals surface area (Å²) in [5.74, 6) is -0.877. The quantitative estimate of drug-likeness (QED) is 0.815. The molecule has 1 atom stereocenters. The van der Waals surface area contributed by atoms with E-state index in [-0.39, 0.29) is 17.6 Å². The number of hydrogen-bond acceptors (Lipinski definition) is 4. The number of aryl methyl sites for hydroxylation is 1. The number of primary amides is 1. The highest BCUT2D eigenvalue weighted by molar-refractivity contribution is 5.79. The van der Waals surface area contributed by atoms with Gasteiger partial charge in [0.2, 0.25) is 5.91 Å². The molecule has 0 aliphatic carbocycles. The maximum atomic E-state index is 12.6. The summed E-state index contributed by atoms with van der Waals surface area (Å²) < 4.78 is 12.6. The molecule has 1 rings (SSSR count). The van der Waals surface area contributed by atoms with Gasteiger partial charge < -0.3 is 11.1 Å². The second kappa shape index (κ2) is 11.3. The van der Waals surface area contributed by atoms with Crippen molar-refractivity contribution in [1.82, 2.24) is 10.3 Å². The van der Waals surface area contributed by atoms with Crippen molar-refractivity contribution in [3.8, 4) is 0 Å². The number of aromatic nitrogens is 1. The lowest BCUT2D eigenvalue weighted by Gasteiger charge is -2.01. The third-order valence-corrected chi connectivity index (χ3v) is 1.98. The molecule has 0 spiro atoms. The van der Waals surface area contributed by atoms with Gasteiger partial charge in [0.15, 0.2) is 12.1 Å². The van der Waals surface area contributed by atoms with Crippen LogP contribution in [0.5, 0.6) is 0 Å². The highest BCUT2D eigenvalue weighted by Gasteiger charge is 2.01. The first-order chi connectivity index (χ1) is 8.92. The first-order valence-corrected chi connectivity index (χ1v) is 5.96. The molecular formula is C13H22FN3O2. The van der Waals surface area contributed by atoms with Gasteiger partial charge in [-0.2, -0.15) is 0 Å². The van der Waals surface area contributed by atoms with Crippen LogP contribution in [0.15, 0.2) is 12.3 Å². The SMILES string of the molecule is CC.CN[C@@H](C)C(N)=O.Cc1cnc(C=O)c(F)c1. The molecule has 5 nitrogen and oxygen atoms in total. The topological polar surface area (TPSA) is 85.1 Å². The molecule has 6 heteroatoms. The van der Waals surface area contributed by atoms with Crippen molar-refractivity contribution in [2.45, 2.75) is 33.7 Å². The summed E-state index contributed by atoms with van der Waals surface area (Å²) in [4.78, 5) is 23.7. The second-order valence-corrected chi connectivity index (χ2v) is 3.41. The predicted octanol–water partition coefficient (Wildman–Crippen LogP) is 1.45. The van der Waals surface area contributed by atoms with Gasteiger partial charge in [-0.25, -0.2) is 4.39 Å². The van der Waals surface area contributed by atoms with Crippen LogP contribution >= 0.6 is 0 Å². The number of likely N-dealkylation sites (N-methyl/N-ethyl adjacent to an activating group) is 1. The summed E-state index contributed by atoms with van der Waals surface area (Å²) >= 11 is 0. The van der Waals surface area contributed by atoms with E-state index in [2.05, 4.69) is 10.3 Å². The molecule has 1 heterocycles. The fraction of sp³-hybridized carbons (Fsp3) is 0.462. The maximum absolute atomic E-state index is 12.6. The van der Waals surface area contributed by atoms with Crippen LogP contribution in [0.25, 0.3) is 0 Å². The first kappa shape index (κ1) is 19.5. The molecule has 0 radical (unpaired) electrons. The number of carbonyl (C=O) groups excluding carboxylic acids is 2. The number of rotatable bonds is 3. The number of amides is 1. The second-order valence-electron chi connectivity index (χ2n) is 3.41. The summed E-state index contributed by atoms with van der Waals surface area (Å²) in [6.07, 6.45) is 1.85. The van der Waals surface area contributed by atoms with Crippen LogP contribution in [0.1, 0.15) is 36.8 Å². The summed E-state index contributed by atoms with van der Waals surface area (Å²) in [5.41, 5.74) is 5.42. The van der Waals surface area contributed by atoms with E-state index in [1.54, 1.807) is 20.9 Å². The van der Waals surface area contributed by atoms with Gasteiger partial charge in [0.25, 0.3) is 0 Å². The molecule has 19 heavy (non-hydrogen) atoms. The zero-order chi connectivity index (χ0) is 15.4. The molecule has 0 saturated carbocycles. The normalized spacial score (nSPS) is 10.2. The van der Waals surface area contributed by atoms with Crippen molar-refractivity contribution in [3.63, 3.8) is 0 Å². The van der Waals surface area contributed by atoms with Crippen LogP contribution in [0, 0.1) is 12.7 Å². The van der Waals surface area contributed by atoms with E-state index in [4.69, 9.17) is 5.73 Å². The number of nitrogens with zero attached hydrogens (tertiary/aromatic N) is 1. The van der Waals surface area contributed by atoms with E-state index in [0.29, 0.717) is 11.8 Å². The maximum Gasteiger partial charge on any atom is 0.234 e. The van der Waals surface area contributed by atoms with E-state index in [1.807, 2.05) is 13.8 Å². The average molecular weight is 271 g/mol. The average Bonchev–Trinajstić information content (AvgIpc) is 2.41. The number of pyridine rings is 1. The molecule has 1 aromatic heterocycles. The summed E-state index contributed by atoms with van der Waals surface area (Å²) in [5, 5.41) is 2.69. The zero-order valence-corrected chi connectivity index (χ0v) is 12.0. The van der Waals surface area contributed by atoms with Gasteiger partial charge in [-0.1, -0.05) is 13.8 Å². The van der Waals surface area contributed by atoms with Gasteiger partial charge in [0.05, 0.1) is 6.04 Å². The van der Waals surface area contributed by atoms with Crippen molar-refractivity contribution >= 4 is 12.2 Å². The highest BCUT2D eigenvalue weighted by atomic mass is 19.1. The number of hydrogen-bond donors (Lipinski definition) is 2. The number of nitrogens with one attached hydrogen (secondary N) is 1. The van der Waals surface area contributed by atoms with Crippen LogP contribution in [0.2, 0.25) is 0 Å². The van der Waals surface area contributed by atoms with Crippen molar-refractivity contribution in [2.75, 3.05) is 7.05 Å². The smallest absolute Gasteiger partial charge is 0.234 e. The Kier molecular flexibility index (Phi) is 11.6. The molecule has 0 aliphatic rings. The van der Waals surface area contributed by atoms with E-state index in [1.165, 1.54) is 12.3 Å². The minimum absolute atomic E-state index is 0.134. The van der Waals surface area contributed by atoms with E-state index >= 15 is 0 Å². The molecule has 3 N–H and O–H groups in total. The van der Waals surface area contributed by atoms with Crippen LogP contribution in [0.4, 0.5) is 4.39 Å². The largest absolute Gasteiger partial charge is 0.368 e. The predicted molar refractivity (Wildman–Crippen MR) is 73.4 cm³/mol. The lowest BCUT2D eigenvalue weighted by Crippen LogP contribution is -2.36. The van der Waals surface area contributed by atoms with Gasteiger partial charge in [-0.15, -0.1) is 0 Å². The molecule has 108 valence electrons. The Morgan fingerprint density at radius 1 is 1.53 bits per heavy atom. The lowest BCUT2D eigenvalue weighted by molar-refractivity contribution is -0.119. The number of aldehydes is 1. The van der Waals surface area contributed by atoms with Gasteiger partial charge >= 0.3 is 0 Å². The molecule has 0 aliphatic heterocycles. The summed E-state index contributed by atoms with van der Waals surface area (Å²) in [6, 6.07) is 1.07. The van der Waals surface area contributed by atoms with Crippen LogP contribution < -0.4 is 11.1 Å². The molecule has 0 saturated heterocycles. The van der Waals surface area contributed by atoms with E-state index < -0.39 is 5.82 Å². The Hall–Kier alpha value is -1.82. The Morgan fingerprint density at radius 2 is 2.05 bits per heavy atom. The fourth-order valence-corrected chi connectivity index (χ4v) is 0.773. The van der Waals surface area contributed by atoms with Crippen LogP contribution in [-0.2, 0) is 4.79 Å². The Balaban J connectivity index is 0. The Morgan fingerprint density at radius 3 is 2.32 bits per heavy atom. The van der Waals surface area contributed by atoms with Gasteiger partial charge in [0, 0.05) is 6.20 Å². The van der Waals surface area contributed by atoms with Gasteiger partial charge in [0.1, 0.15) is 5.69 Å². The number of halogens is 1. The summed E-state index contributed by atoms with van der Waals surface area (Å²) in [7, 11) is 1.69. The third-order valence-electron chi connectivity index (χ3n) is 1.98. The highest BCUT2D eigenvalue weighted by Crippen LogP contribution is 2.02. The monoisotopic (exact) mass is 271 g/mol. The van der Waals surface area contributed by atoms with Crippen molar-refractivity contribution in [2.24, 2.45) is 5.73 Å². The Bertz CT molecular complexity index is 397.